The van der Waals surface area contributed by atoms with E-state index in [1.165, 1.54) is 49.2 Å². The first-order valence-corrected chi connectivity index (χ1v) is 14.0. The largest absolute Gasteiger partial charge is 0.573 e. The summed E-state index contributed by atoms with van der Waals surface area (Å²) in [5.74, 6) is 2.93. The average molecular weight is 523 g/mol. The Morgan fingerprint density at radius 3 is 2.28 bits per heavy atom. The highest BCUT2D eigenvalue weighted by molar-refractivity contribution is 7.89. The molecule has 1 aliphatic heterocycles. The molecule has 1 N–H and O–H groups in total. The lowest BCUT2D eigenvalue weighted by atomic mass is 9.49. The van der Waals surface area contributed by atoms with Crippen molar-refractivity contribution in [3.05, 3.63) is 41.9 Å². The Morgan fingerprint density at radius 2 is 1.67 bits per heavy atom. The molecule has 194 valence electrons. The summed E-state index contributed by atoms with van der Waals surface area (Å²) in [6.45, 7) is 1.23. The van der Waals surface area contributed by atoms with Gasteiger partial charge in [0.2, 0.25) is 10.0 Å². The summed E-state index contributed by atoms with van der Waals surface area (Å²) in [6, 6.07) is 4.27. The van der Waals surface area contributed by atoms with Gasteiger partial charge in [-0.25, -0.2) is 18.4 Å². The molecular weight excluding hydrogens is 493 g/mol. The summed E-state index contributed by atoms with van der Waals surface area (Å²) in [5.41, 5.74) is 1.95. The van der Waals surface area contributed by atoms with Crippen LogP contribution in [0.25, 0.3) is 0 Å². The third kappa shape index (κ3) is 4.55. The summed E-state index contributed by atoms with van der Waals surface area (Å²) >= 11 is 0. The van der Waals surface area contributed by atoms with E-state index in [-0.39, 0.29) is 18.0 Å². The van der Waals surface area contributed by atoms with E-state index in [9.17, 15) is 21.6 Å². The van der Waals surface area contributed by atoms with E-state index in [0.717, 1.165) is 59.9 Å². The van der Waals surface area contributed by atoms with Crippen LogP contribution in [0.15, 0.2) is 35.5 Å². The van der Waals surface area contributed by atoms with E-state index in [0.29, 0.717) is 17.5 Å². The quantitative estimate of drug-likeness (QED) is 0.590. The average Bonchev–Trinajstić information content (AvgIpc) is 2.81. The highest BCUT2D eigenvalue weighted by Crippen LogP contribution is 2.60. The molecule has 5 aliphatic rings. The Bertz CT molecular complexity index is 1210. The molecule has 1 aromatic carbocycles. The number of hydrogen-bond acceptors (Lipinski definition) is 6. The summed E-state index contributed by atoms with van der Waals surface area (Å²) in [5, 5.41) is 3.62. The molecule has 2 aromatic rings. The van der Waals surface area contributed by atoms with Gasteiger partial charge in [-0.1, -0.05) is 0 Å². The number of ether oxygens (including phenoxy) is 1. The second-order valence-electron chi connectivity index (χ2n) is 11.0. The van der Waals surface area contributed by atoms with Crippen LogP contribution >= 0.6 is 0 Å². The second kappa shape index (κ2) is 8.58. The van der Waals surface area contributed by atoms with Crippen molar-refractivity contribution in [2.24, 2.45) is 23.2 Å². The number of nitrogens with zero attached hydrogens (tertiary/aromatic N) is 3. The van der Waals surface area contributed by atoms with Crippen molar-refractivity contribution in [3.8, 4) is 5.75 Å². The first-order chi connectivity index (χ1) is 17.1. The van der Waals surface area contributed by atoms with Crippen LogP contribution in [0.4, 0.5) is 19.0 Å². The van der Waals surface area contributed by atoms with Gasteiger partial charge in [0, 0.05) is 18.7 Å². The van der Waals surface area contributed by atoms with Crippen molar-refractivity contribution in [2.75, 3.05) is 18.4 Å². The van der Waals surface area contributed by atoms with Crippen LogP contribution in [0.2, 0.25) is 0 Å². The maximum Gasteiger partial charge on any atom is 0.573 e. The van der Waals surface area contributed by atoms with E-state index in [4.69, 9.17) is 0 Å². The van der Waals surface area contributed by atoms with Gasteiger partial charge in [0.05, 0.1) is 17.1 Å². The number of hydrogen-bond donors (Lipinski definition) is 1. The molecule has 0 radical (unpaired) electrons. The van der Waals surface area contributed by atoms with Gasteiger partial charge in [-0.3, -0.25) is 0 Å². The lowest BCUT2D eigenvalue weighted by molar-refractivity contribution is -0.274. The van der Waals surface area contributed by atoms with E-state index in [2.05, 4.69) is 20.0 Å². The molecule has 11 heteroatoms. The fraction of sp³-hybridized carbons (Fsp3) is 0.600. The Kier molecular flexibility index (Phi) is 5.71. The Hall–Kier alpha value is -2.40. The van der Waals surface area contributed by atoms with Gasteiger partial charge in [0.15, 0.2) is 0 Å². The molecule has 7 rings (SSSR count). The number of rotatable bonds is 6. The van der Waals surface area contributed by atoms with Gasteiger partial charge in [-0.15, -0.1) is 13.2 Å². The first-order valence-electron chi connectivity index (χ1n) is 12.5. The van der Waals surface area contributed by atoms with E-state index in [1.807, 2.05) is 0 Å². The topological polar surface area (TPSA) is 84.4 Å². The molecule has 0 amide bonds. The highest BCUT2D eigenvalue weighted by Gasteiger charge is 2.50. The molecule has 4 fully saturated rings. The number of fused-ring (bicyclic) bond motifs is 1. The van der Waals surface area contributed by atoms with Crippen LogP contribution in [-0.4, -0.2) is 42.1 Å². The van der Waals surface area contributed by atoms with Crippen molar-refractivity contribution >= 4 is 15.8 Å². The minimum atomic E-state index is -4.84. The van der Waals surface area contributed by atoms with Crippen molar-refractivity contribution < 1.29 is 26.3 Å². The van der Waals surface area contributed by atoms with Gasteiger partial charge in [-0.2, -0.15) is 4.31 Å². The van der Waals surface area contributed by atoms with E-state index < -0.39 is 22.1 Å². The maximum absolute atomic E-state index is 13.2. The van der Waals surface area contributed by atoms with Crippen LogP contribution in [0.5, 0.6) is 5.75 Å². The van der Waals surface area contributed by atoms with E-state index >= 15 is 0 Å². The minimum absolute atomic E-state index is 0.0882. The van der Waals surface area contributed by atoms with Gasteiger partial charge < -0.3 is 10.1 Å². The van der Waals surface area contributed by atoms with Gasteiger partial charge in [0.1, 0.15) is 17.9 Å². The van der Waals surface area contributed by atoms with Crippen molar-refractivity contribution in [3.63, 3.8) is 0 Å². The van der Waals surface area contributed by atoms with E-state index in [1.54, 1.807) is 0 Å². The summed E-state index contributed by atoms with van der Waals surface area (Å²) in [4.78, 5) is 8.77. The molecule has 0 atom stereocenters. The van der Waals surface area contributed by atoms with Crippen molar-refractivity contribution in [1.29, 1.82) is 0 Å². The zero-order valence-electron chi connectivity index (χ0n) is 19.8. The van der Waals surface area contributed by atoms with Gasteiger partial charge >= 0.3 is 6.36 Å². The number of benzene rings is 1. The van der Waals surface area contributed by atoms with Crippen LogP contribution in [0, 0.1) is 23.2 Å². The summed E-state index contributed by atoms with van der Waals surface area (Å²) in [7, 11) is -3.91. The molecule has 4 saturated carbocycles. The molecule has 4 aliphatic carbocycles. The van der Waals surface area contributed by atoms with Crippen LogP contribution in [0.1, 0.15) is 49.8 Å². The number of aromatic nitrogens is 2. The number of sulfonamides is 1. The number of halogens is 3. The molecule has 1 aromatic heterocycles. The highest BCUT2D eigenvalue weighted by atomic mass is 32.2. The van der Waals surface area contributed by atoms with Gasteiger partial charge in [-0.05, 0) is 92.4 Å². The van der Waals surface area contributed by atoms with Gasteiger partial charge in [0.25, 0.3) is 0 Å². The summed E-state index contributed by atoms with van der Waals surface area (Å²) in [6.07, 6.45) is 5.15. The molecular formula is C25H29F3N4O3S. The monoisotopic (exact) mass is 522 g/mol. The molecule has 4 bridgehead atoms. The van der Waals surface area contributed by atoms with Crippen LogP contribution in [0.3, 0.4) is 0 Å². The number of anilines is 1. The van der Waals surface area contributed by atoms with Crippen molar-refractivity contribution in [1.82, 2.24) is 14.3 Å². The molecule has 2 heterocycles. The lowest BCUT2D eigenvalue weighted by Crippen LogP contribution is -2.49. The molecule has 0 unspecified atom stereocenters. The predicted molar refractivity (Wildman–Crippen MR) is 126 cm³/mol. The minimum Gasteiger partial charge on any atom is -0.406 e. The van der Waals surface area contributed by atoms with Crippen LogP contribution < -0.4 is 10.1 Å². The zero-order valence-corrected chi connectivity index (χ0v) is 20.6. The smallest absolute Gasteiger partial charge is 0.406 e. The fourth-order valence-electron chi connectivity index (χ4n) is 7.43. The number of alkyl halides is 3. The number of nitrogens with one attached hydrogen (secondary N) is 1. The fourth-order valence-corrected chi connectivity index (χ4v) is 8.83. The molecule has 7 nitrogen and oxygen atoms in total. The Morgan fingerprint density at radius 1 is 1.03 bits per heavy atom. The van der Waals surface area contributed by atoms with Crippen LogP contribution in [-0.2, 0) is 23.0 Å². The molecule has 0 saturated heterocycles. The maximum atomic E-state index is 13.2. The van der Waals surface area contributed by atoms with Crippen molar-refractivity contribution in [2.45, 2.75) is 62.7 Å². The molecule has 0 spiro atoms. The molecule has 36 heavy (non-hydrogen) atoms. The SMILES string of the molecule is O=S(=O)(c1ccc(OC(F)(F)F)cc1)N1CCc2c(ncnc2NCC23CC4CC(CC(C4)C2)C3)C1. The summed E-state index contributed by atoms with van der Waals surface area (Å²) < 4.78 is 68.7. The predicted octanol–water partition coefficient (Wildman–Crippen LogP) is 4.75. The second-order valence-corrected chi connectivity index (χ2v) is 13.0. The lowest BCUT2D eigenvalue weighted by Gasteiger charge is -2.57. The normalized spacial score (nSPS) is 29.7. The Labute approximate surface area is 208 Å². The zero-order chi connectivity index (χ0) is 25.1. The first kappa shape index (κ1) is 24.0. The standard InChI is InChI=1S/C25H29F3N4O3S/c26-25(27,28)35-19-1-3-20(4-2-19)36(33,34)32-6-5-21-22(13-32)30-15-31-23(21)29-14-24-10-16-7-17(11-24)9-18(8-16)12-24/h1-4,15-18H,5-14H2,(H,29,30,31). The third-order valence-electron chi connectivity index (χ3n) is 8.46. The third-order valence-corrected chi connectivity index (χ3v) is 10.3. The Balaban J connectivity index is 1.15.